The smallest absolute Gasteiger partial charge is 0.319 e. The number of carbonyl (C=O) groups excluding carboxylic acids is 1. The van der Waals surface area contributed by atoms with Gasteiger partial charge in [-0.05, 0) is 27.2 Å². The molecule has 0 aromatic carbocycles. The van der Waals surface area contributed by atoms with Crippen LogP contribution in [0.25, 0.3) is 0 Å². The largest absolute Gasteiger partial charge is 0.481 e. The molecule has 0 aromatic rings. The van der Waals surface area contributed by atoms with Gasteiger partial charge < -0.3 is 14.9 Å². The zero-order valence-corrected chi connectivity index (χ0v) is 10.6. The third kappa shape index (κ3) is 5.00. The van der Waals surface area contributed by atoms with Crippen LogP contribution in [-0.4, -0.2) is 53.1 Å². The minimum Gasteiger partial charge on any atom is -0.481 e. The average Bonchev–Trinajstić information content (AvgIpc) is 2.17. The van der Waals surface area contributed by atoms with Crippen molar-refractivity contribution in [2.75, 3.05) is 20.1 Å². The summed E-state index contributed by atoms with van der Waals surface area (Å²) >= 11 is 0. The second-order valence-corrected chi connectivity index (χ2v) is 4.08. The first-order valence-corrected chi connectivity index (χ1v) is 5.63. The Balaban J connectivity index is 4.10. The lowest BCUT2D eigenvalue weighted by Gasteiger charge is -2.30. The van der Waals surface area contributed by atoms with Gasteiger partial charge in [0, 0.05) is 32.6 Å². The van der Waals surface area contributed by atoms with Crippen molar-refractivity contribution in [3.8, 4) is 0 Å². The number of carbonyl (C=O) groups is 2. The first kappa shape index (κ1) is 14.7. The van der Waals surface area contributed by atoms with Crippen LogP contribution in [-0.2, 0) is 4.79 Å². The van der Waals surface area contributed by atoms with Crippen LogP contribution in [0.15, 0.2) is 0 Å². The third-order valence-corrected chi connectivity index (χ3v) is 2.42. The molecule has 0 aliphatic heterocycles. The van der Waals surface area contributed by atoms with Crippen LogP contribution in [0.1, 0.15) is 33.6 Å². The van der Waals surface area contributed by atoms with Crippen LogP contribution in [0.3, 0.4) is 0 Å². The minimum absolute atomic E-state index is 0.0390. The Bertz CT molecular complexity index is 241. The van der Waals surface area contributed by atoms with Crippen molar-refractivity contribution in [1.29, 1.82) is 0 Å². The number of aliphatic carboxylic acids is 1. The van der Waals surface area contributed by atoms with E-state index in [0.29, 0.717) is 19.5 Å². The molecule has 0 rings (SSSR count). The maximum absolute atomic E-state index is 11.9. The summed E-state index contributed by atoms with van der Waals surface area (Å²) in [6.45, 7) is 7.01. The molecule has 0 saturated carbocycles. The van der Waals surface area contributed by atoms with E-state index in [2.05, 4.69) is 0 Å². The van der Waals surface area contributed by atoms with E-state index in [-0.39, 0.29) is 18.5 Å². The lowest BCUT2D eigenvalue weighted by molar-refractivity contribution is -0.137. The standard InChI is InChI=1S/C11H22N2O3/c1-5-13(9(2)3)11(16)12(4)8-6-7-10(14)15/h9H,5-8H2,1-4H3,(H,14,15). The van der Waals surface area contributed by atoms with Gasteiger partial charge in [0.25, 0.3) is 0 Å². The van der Waals surface area contributed by atoms with E-state index in [1.54, 1.807) is 16.8 Å². The number of nitrogens with zero attached hydrogens (tertiary/aromatic N) is 2. The number of hydrogen-bond donors (Lipinski definition) is 1. The SMILES string of the molecule is CCN(C(=O)N(C)CCCC(=O)O)C(C)C. The van der Waals surface area contributed by atoms with Gasteiger partial charge in [-0.15, -0.1) is 0 Å². The second-order valence-electron chi connectivity index (χ2n) is 4.08. The van der Waals surface area contributed by atoms with Crippen molar-refractivity contribution in [2.45, 2.75) is 39.7 Å². The highest BCUT2D eigenvalue weighted by atomic mass is 16.4. The summed E-state index contributed by atoms with van der Waals surface area (Å²) in [5.41, 5.74) is 0. The topological polar surface area (TPSA) is 60.9 Å². The van der Waals surface area contributed by atoms with Crippen molar-refractivity contribution in [3.05, 3.63) is 0 Å². The Labute approximate surface area is 97.0 Å². The van der Waals surface area contributed by atoms with E-state index in [1.165, 1.54) is 0 Å². The van der Waals surface area contributed by atoms with Gasteiger partial charge in [-0.3, -0.25) is 4.79 Å². The number of carboxylic acids is 1. The van der Waals surface area contributed by atoms with Gasteiger partial charge >= 0.3 is 12.0 Å². The Hall–Kier alpha value is -1.26. The number of amides is 2. The molecule has 0 spiro atoms. The molecule has 0 heterocycles. The Kier molecular flexibility index (Phi) is 6.53. The fraction of sp³-hybridized carbons (Fsp3) is 0.818. The highest BCUT2D eigenvalue weighted by molar-refractivity contribution is 5.74. The van der Waals surface area contributed by atoms with Crippen molar-refractivity contribution in [1.82, 2.24) is 9.80 Å². The molecule has 1 N–H and O–H groups in total. The zero-order chi connectivity index (χ0) is 12.7. The molecule has 16 heavy (non-hydrogen) atoms. The van der Waals surface area contributed by atoms with Crippen LogP contribution in [0, 0.1) is 0 Å². The summed E-state index contributed by atoms with van der Waals surface area (Å²) in [4.78, 5) is 25.6. The maximum atomic E-state index is 11.9. The molecule has 0 bridgehead atoms. The van der Waals surface area contributed by atoms with E-state index < -0.39 is 5.97 Å². The van der Waals surface area contributed by atoms with Crippen LogP contribution >= 0.6 is 0 Å². The van der Waals surface area contributed by atoms with Crippen LogP contribution in [0.5, 0.6) is 0 Å². The Morgan fingerprint density at radius 1 is 1.31 bits per heavy atom. The molecule has 0 radical (unpaired) electrons. The Morgan fingerprint density at radius 3 is 2.25 bits per heavy atom. The van der Waals surface area contributed by atoms with E-state index >= 15 is 0 Å². The van der Waals surface area contributed by atoms with Gasteiger partial charge in [0.1, 0.15) is 0 Å². The first-order valence-electron chi connectivity index (χ1n) is 5.63. The predicted molar refractivity (Wildman–Crippen MR) is 62.4 cm³/mol. The number of urea groups is 1. The normalized spacial score (nSPS) is 10.3. The quantitative estimate of drug-likeness (QED) is 0.754. The highest BCUT2D eigenvalue weighted by Crippen LogP contribution is 2.04. The van der Waals surface area contributed by atoms with Gasteiger partial charge in [0.2, 0.25) is 0 Å². The fourth-order valence-corrected chi connectivity index (χ4v) is 1.50. The predicted octanol–water partition coefficient (Wildman–Crippen LogP) is 1.63. The van der Waals surface area contributed by atoms with Gasteiger partial charge in [0.05, 0.1) is 0 Å². The third-order valence-electron chi connectivity index (χ3n) is 2.42. The molecule has 0 aliphatic rings. The van der Waals surface area contributed by atoms with Crippen molar-refractivity contribution >= 4 is 12.0 Å². The summed E-state index contributed by atoms with van der Waals surface area (Å²) in [7, 11) is 1.70. The molecule has 0 aliphatic carbocycles. The molecule has 0 atom stereocenters. The zero-order valence-electron chi connectivity index (χ0n) is 10.6. The summed E-state index contributed by atoms with van der Waals surface area (Å²) < 4.78 is 0. The molecular formula is C11H22N2O3. The van der Waals surface area contributed by atoms with Crippen molar-refractivity contribution < 1.29 is 14.7 Å². The van der Waals surface area contributed by atoms with Crippen LogP contribution in [0.2, 0.25) is 0 Å². The molecule has 0 saturated heterocycles. The molecule has 94 valence electrons. The van der Waals surface area contributed by atoms with Gasteiger partial charge in [-0.1, -0.05) is 0 Å². The molecule has 0 aromatic heterocycles. The summed E-state index contributed by atoms with van der Waals surface area (Å²) in [6.07, 6.45) is 0.596. The summed E-state index contributed by atoms with van der Waals surface area (Å²) in [6, 6.07) is 0.127. The lowest BCUT2D eigenvalue weighted by Crippen LogP contribution is -2.45. The Morgan fingerprint density at radius 2 is 1.88 bits per heavy atom. The van der Waals surface area contributed by atoms with Gasteiger partial charge in [0.15, 0.2) is 0 Å². The van der Waals surface area contributed by atoms with Gasteiger partial charge in [-0.2, -0.15) is 0 Å². The highest BCUT2D eigenvalue weighted by Gasteiger charge is 2.18. The molecule has 0 fully saturated rings. The van der Waals surface area contributed by atoms with E-state index in [1.807, 2.05) is 20.8 Å². The molecule has 5 nitrogen and oxygen atoms in total. The molecule has 5 heteroatoms. The van der Waals surface area contributed by atoms with E-state index in [9.17, 15) is 9.59 Å². The van der Waals surface area contributed by atoms with Crippen molar-refractivity contribution in [2.24, 2.45) is 0 Å². The lowest BCUT2D eigenvalue weighted by atomic mass is 10.3. The molecular weight excluding hydrogens is 208 g/mol. The monoisotopic (exact) mass is 230 g/mol. The maximum Gasteiger partial charge on any atom is 0.319 e. The van der Waals surface area contributed by atoms with E-state index in [4.69, 9.17) is 5.11 Å². The molecule has 0 unspecified atom stereocenters. The van der Waals surface area contributed by atoms with Crippen LogP contribution in [0.4, 0.5) is 4.79 Å². The average molecular weight is 230 g/mol. The summed E-state index contributed by atoms with van der Waals surface area (Å²) in [5, 5.41) is 8.49. The van der Waals surface area contributed by atoms with Crippen molar-refractivity contribution in [3.63, 3.8) is 0 Å². The fourth-order valence-electron chi connectivity index (χ4n) is 1.50. The molecule has 2 amide bonds. The summed E-state index contributed by atoms with van der Waals surface area (Å²) in [5.74, 6) is -0.822. The van der Waals surface area contributed by atoms with Crippen LogP contribution < -0.4 is 0 Å². The number of carboxylic acid groups (broad SMARTS) is 1. The first-order chi connectivity index (χ1) is 7.40. The second kappa shape index (κ2) is 7.09. The number of hydrogen-bond acceptors (Lipinski definition) is 2. The minimum atomic E-state index is -0.822. The number of rotatable bonds is 6. The van der Waals surface area contributed by atoms with Gasteiger partial charge in [-0.25, -0.2) is 4.79 Å². The van der Waals surface area contributed by atoms with E-state index in [0.717, 1.165) is 0 Å².